The Kier molecular flexibility index (Phi) is 9.81. The van der Waals surface area contributed by atoms with E-state index in [9.17, 15) is 22.8 Å². The Balaban J connectivity index is 1.54. The minimum Gasteiger partial charge on any atom is -0.339 e. The molecular formula is C30H42F3N5O2S. The number of carbonyl (C=O) groups excluding carboxylic acids is 2. The molecule has 11 heteroatoms. The zero-order valence-corrected chi connectivity index (χ0v) is 26.0. The number of nitriles is 1. The SMILES string of the molecule is CC1CN(C(=O)C(C)(C)C)CC(C)N1CCCCCCN1C(=S)N(c2ccc(C#N)c(C(F)(F)F)c2)C(=O)C1(C)C. The summed E-state index contributed by atoms with van der Waals surface area (Å²) in [5, 5.41) is 9.27. The molecule has 2 unspecified atom stereocenters. The molecule has 2 fully saturated rings. The average molecular weight is 594 g/mol. The fraction of sp³-hybridized carbons (Fsp3) is 0.667. The first-order valence-electron chi connectivity index (χ1n) is 14.2. The molecule has 41 heavy (non-hydrogen) atoms. The summed E-state index contributed by atoms with van der Waals surface area (Å²) in [6.07, 6.45) is -1.03. The second kappa shape index (κ2) is 12.3. The molecule has 0 saturated carbocycles. The van der Waals surface area contributed by atoms with Crippen LogP contribution in [0.15, 0.2) is 18.2 Å². The molecule has 0 aliphatic carbocycles. The van der Waals surface area contributed by atoms with Gasteiger partial charge < -0.3 is 9.80 Å². The van der Waals surface area contributed by atoms with Crippen LogP contribution in [0.4, 0.5) is 18.9 Å². The topological polar surface area (TPSA) is 70.9 Å². The molecule has 2 heterocycles. The zero-order valence-electron chi connectivity index (χ0n) is 25.1. The number of alkyl halides is 3. The van der Waals surface area contributed by atoms with Crippen molar-refractivity contribution in [3.63, 3.8) is 0 Å². The summed E-state index contributed by atoms with van der Waals surface area (Å²) in [6, 6.07) is 5.36. The molecule has 2 aliphatic heterocycles. The standard InChI is InChI=1S/C30H42F3N5O2S/c1-20-18-35(25(39)28(3,4)5)19-21(2)36(20)14-10-8-9-11-15-37-27(41)38(26(40)29(37,6)7)23-13-12-22(17-34)24(16-23)30(31,32)33/h12-13,16,20-21H,8-11,14-15,18-19H2,1-7H3. The van der Waals surface area contributed by atoms with Gasteiger partial charge in [-0.1, -0.05) is 33.6 Å². The first-order valence-corrected chi connectivity index (χ1v) is 14.6. The summed E-state index contributed by atoms with van der Waals surface area (Å²) in [5.74, 6) is -0.206. The fourth-order valence-corrected chi connectivity index (χ4v) is 6.31. The van der Waals surface area contributed by atoms with Crippen molar-refractivity contribution in [3.8, 4) is 6.07 Å². The predicted octanol–water partition coefficient (Wildman–Crippen LogP) is 5.82. The molecule has 1 aromatic rings. The number of benzene rings is 1. The Morgan fingerprint density at radius 2 is 1.61 bits per heavy atom. The Morgan fingerprint density at radius 1 is 1.05 bits per heavy atom. The van der Waals surface area contributed by atoms with Crippen molar-refractivity contribution in [1.29, 1.82) is 5.26 Å². The van der Waals surface area contributed by atoms with Crippen LogP contribution < -0.4 is 4.90 Å². The van der Waals surface area contributed by atoms with E-state index in [1.807, 2.05) is 25.7 Å². The van der Waals surface area contributed by atoms with E-state index in [0.717, 1.165) is 62.4 Å². The molecule has 7 nitrogen and oxygen atoms in total. The molecule has 0 bridgehead atoms. The quantitative estimate of drug-likeness (QED) is 0.280. The van der Waals surface area contributed by atoms with E-state index in [1.165, 1.54) is 6.07 Å². The van der Waals surface area contributed by atoms with Crippen molar-refractivity contribution in [1.82, 2.24) is 14.7 Å². The normalized spacial score (nSPS) is 21.9. The molecule has 0 spiro atoms. The lowest BCUT2D eigenvalue weighted by Gasteiger charge is -2.46. The van der Waals surface area contributed by atoms with Gasteiger partial charge in [0.05, 0.1) is 22.9 Å². The Morgan fingerprint density at radius 3 is 2.12 bits per heavy atom. The summed E-state index contributed by atoms with van der Waals surface area (Å²) >= 11 is 5.58. The van der Waals surface area contributed by atoms with Crippen LogP contribution in [0.2, 0.25) is 0 Å². The van der Waals surface area contributed by atoms with Crippen LogP contribution in [0.3, 0.4) is 0 Å². The maximum atomic E-state index is 13.5. The lowest BCUT2D eigenvalue weighted by molar-refractivity contribution is -0.144. The Bertz CT molecular complexity index is 1190. The van der Waals surface area contributed by atoms with Crippen LogP contribution in [0.25, 0.3) is 0 Å². The molecule has 2 aliphatic rings. The van der Waals surface area contributed by atoms with Crippen molar-refractivity contribution in [2.45, 2.75) is 97.9 Å². The van der Waals surface area contributed by atoms with E-state index in [4.69, 9.17) is 17.5 Å². The van der Waals surface area contributed by atoms with Crippen LogP contribution in [0, 0.1) is 16.7 Å². The minimum absolute atomic E-state index is 0.00874. The number of thiocarbonyl (C=S) groups is 1. The molecule has 226 valence electrons. The molecule has 3 rings (SSSR count). The lowest BCUT2D eigenvalue weighted by atomic mass is 9.93. The van der Waals surface area contributed by atoms with Crippen LogP contribution in [-0.2, 0) is 15.8 Å². The second-order valence-electron chi connectivity index (χ2n) is 12.8. The number of halogens is 3. The molecule has 0 N–H and O–H groups in total. The molecule has 2 saturated heterocycles. The average Bonchev–Trinajstić information content (AvgIpc) is 3.03. The number of rotatable bonds is 8. The van der Waals surface area contributed by atoms with Gasteiger partial charge in [-0.05, 0) is 77.5 Å². The maximum absolute atomic E-state index is 13.5. The van der Waals surface area contributed by atoms with Gasteiger partial charge in [-0.15, -0.1) is 0 Å². The number of unbranched alkanes of at least 4 members (excludes halogenated alkanes) is 3. The Labute approximate surface area is 247 Å². The van der Waals surface area contributed by atoms with Crippen LogP contribution in [0.5, 0.6) is 0 Å². The van der Waals surface area contributed by atoms with E-state index >= 15 is 0 Å². The highest BCUT2D eigenvalue weighted by atomic mass is 32.1. The van der Waals surface area contributed by atoms with Crippen molar-refractivity contribution in [2.75, 3.05) is 31.1 Å². The highest BCUT2D eigenvalue weighted by Crippen LogP contribution is 2.38. The fourth-order valence-electron chi connectivity index (χ4n) is 5.80. The zero-order chi connectivity index (χ0) is 30.9. The van der Waals surface area contributed by atoms with Crippen molar-refractivity contribution in [3.05, 3.63) is 29.3 Å². The van der Waals surface area contributed by atoms with E-state index in [0.29, 0.717) is 6.54 Å². The highest BCUT2D eigenvalue weighted by molar-refractivity contribution is 7.80. The van der Waals surface area contributed by atoms with Crippen LogP contribution >= 0.6 is 12.2 Å². The van der Waals surface area contributed by atoms with Crippen molar-refractivity contribution >= 4 is 34.8 Å². The van der Waals surface area contributed by atoms with Gasteiger partial charge in [-0.2, -0.15) is 18.4 Å². The third-order valence-corrected chi connectivity index (χ3v) is 8.49. The van der Waals surface area contributed by atoms with Crippen LogP contribution in [0.1, 0.15) is 85.3 Å². The number of nitrogens with zero attached hydrogens (tertiary/aromatic N) is 5. The number of hydrogen-bond acceptors (Lipinski definition) is 5. The van der Waals surface area contributed by atoms with Gasteiger partial charge in [0.2, 0.25) is 5.91 Å². The number of hydrogen-bond donors (Lipinski definition) is 0. The summed E-state index contributed by atoms with van der Waals surface area (Å²) in [5.41, 5.74) is -2.97. The molecule has 0 aromatic heterocycles. The molecule has 0 radical (unpaired) electrons. The third kappa shape index (κ3) is 7.03. The second-order valence-corrected chi connectivity index (χ2v) is 13.1. The minimum atomic E-state index is -4.73. The third-order valence-electron chi connectivity index (χ3n) is 8.09. The highest BCUT2D eigenvalue weighted by Gasteiger charge is 2.49. The summed E-state index contributed by atoms with van der Waals surface area (Å²) in [4.78, 5) is 33.4. The smallest absolute Gasteiger partial charge is 0.339 e. The van der Waals surface area contributed by atoms with E-state index in [-0.39, 0.29) is 34.2 Å². The molecule has 2 amide bonds. The lowest BCUT2D eigenvalue weighted by Crippen LogP contribution is -2.59. The first-order chi connectivity index (χ1) is 18.9. The van der Waals surface area contributed by atoms with Gasteiger partial charge in [0, 0.05) is 37.1 Å². The first kappa shape index (κ1) is 32.8. The molecular weight excluding hydrogens is 551 g/mol. The summed E-state index contributed by atoms with van der Waals surface area (Å²) in [7, 11) is 0. The van der Waals surface area contributed by atoms with Crippen LogP contribution in [-0.4, -0.2) is 75.4 Å². The van der Waals surface area contributed by atoms with E-state index in [1.54, 1.807) is 24.8 Å². The number of piperazine rings is 1. The maximum Gasteiger partial charge on any atom is 0.417 e. The van der Waals surface area contributed by atoms with E-state index < -0.39 is 28.7 Å². The van der Waals surface area contributed by atoms with Gasteiger partial charge in [0.1, 0.15) is 5.54 Å². The summed E-state index contributed by atoms with van der Waals surface area (Å²) in [6.45, 7) is 16.6. The molecule has 2 atom stereocenters. The monoisotopic (exact) mass is 593 g/mol. The van der Waals surface area contributed by atoms with Gasteiger partial charge >= 0.3 is 6.18 Å². The summed E-state index contributed by atoms with van der Waals surface area (Å²) < 4.78 is 40.6. The van der Waals surface area contributed by atoms with Gasteiger partial charge in [-0.3, -0.25) is 19.4 Å². The largest absolute Gasteiger partial charge is 0.417 e. The number of amides is 2. The van der Waals surface area contributed by atoms with Gasteiger partial charge in [-0.25, -0.2) is 0 Å². The van der Waals surface area contributed by atoms with E-state index in [2.05, 4.69) is 18.7 Å². The number of carbonyl (C=O) groups is 2. The van der Waals surface area contributed by atoms with Crippen molar-refractivity contribution in [2.24, 2.45) is 5.41 Å². The molecule has 1 aromatic carbocycles. The van der Waals surface area contributed by atoms with Gasteiger partial charge in [0.25, 0.3) is 5.91 Å². The number of anilines is 1. The predicted molar refractivity (Wildman–Crippen MR) is 157 cm³/mol. The Hall–Kier alpha value is -2.71. The van der Waals surface area contributed by atoms with Gasteiger partial charge in [0.15, 0.2) is 5.11 Å². The van der Waals surface area contributed by atoms with Crippen molar-refractivity contribution < 1.29 is 22.8 Å².